The van der Waals surface area contributed by atoms with Gasteiger partial charge in [-0.3, -0.25) is 0 Å². The highest BCUT2D eigenvalue weighted by Crippen LogP contribution is 2.32. The minimum Gasteiger partial charge on any atom is -0.444 e. The first-order valence-electron chi connectivity index (χ1n) is 8.25. The molecule has 8 heteroatoms. The number of hydrogen-bond donors (Lipinski definition) is 1. The van der Waals surface area contributed by atoms with Gasteiger partial charge in [0.15, 0.2) is 0 Å². The average molecular weight is 359 g/mol. The molecule has 2 rings (SSSR count). The third-order valence-electron chi connectivity index (χ3n) is 3.96. The summed E-state index contributed by atoms with van der Waals surface area (Å²) in [6, 6.07) is 1.90. The summed E-state index contributed by atoms with van der Waals surface area (Å²) in [4.78, 5) is 17.8. The normalized spacial score (nSPS) is 21.8. The summed E-state index contributed by atoms with van der Waals surface area (Å²) in [6.07, 6.45) is -2.47. The molecule has 0 aliphatic carbocycles. The Morgan fingerprint density at radius 2 is 2.04 bits per heavy atom. The monoisotopic (exact) mass is 359 g/mol. The molecule has 0 radical (unpaired) electrons. The molecule has 1 saturated heterocycles. The number of carbonyl (C=O) groups excluding carboxylic acids is 1. The van der Waals surface area contributed by atoms with Crippen LogP contribution < -0.4 is 10.2 Å². The Labute approximate surface area is 145 Å². The molecule has 1 N–H and O–H groups in total. The molecule has 1 aliphatic heterocycles. The number of halogens is 3. The Morgan fingerprint density at radius 1 is 1.36 bits per heavy atom. The van der Waals surface area contributed by atoms with Crippen molar-refractivity contribution in [1.82, 2.24) is 10.3 Å². The van der Waals surface area contributed by atoms with E-state index < -0.39 is 23.4 Å². The van der Waals surface area contributed by atoms with Gasteiger partial charge in [0.2, 0.25) is 0 Å². The molecule has 0 bridgehead atoms. The van der Waals surface area contributed by atoms with Crippen LogP contribution in [0, 0.1) is 0 Å². The minimum absolute atomic E-state index is 0.0512. The third kappa shape index (κ3) is 5.51. The summed E-state index contributed by atoms with van der Waals surface area (Å²) < 4.78 is 43.8. The van der Waals surface area contributed by atoms with Gasteiger partial charge in [-0.15, -0.1) is 0 Å². The maximum absolute atomic E-state index is 12.9. The number of alkyl halides is 3. The number of anilines is 1. The quantitative estimate of drug-likeness (QED) is 0.868. The third-order valence-corrected chi connectivity index (χ3v) is 3.96. The minimum atomic E-state index is -4.39. The van der Waals surface area contributed by atoms with Crippen LogP contribution >= 0.6 is 0 Å². The summed E-state index contributed by atoms with van der Waals surface area (Å²) in [5.74, 6) is 0.304. The molecule has 140 valence electrons. The molecule has 2 atom stereocenters. The molecule has 1 aliphatic rings. The van der Waals surface area contributed by atoms with E-state index in [1.807, 2.05) is 11.8 Å². The zero-order chi connectivity index (χ0) is 18.8. The molecule has 1 fully saturated rings. The van der Waals surface area contributed by atoms with E-state index in [9.17, 15) is 18.0 Å². The van der Waals surface area contributed by atoms with Crippen molar-refractivity contribution in [2.24, 2.45) is 0 Å². The maximum atomic E-state index is 12.9. The van der Waals surface area contributed by atoms with Gasteiger partial charge < -0.3 is 15.0 Å². The highest BCUT2D eigenvalue weighted by atomic mass is 19.4. The van der Waals surface area contributed by atoms with Crippen molar-refractivity contribution in [1.29, 1.82) is 0 Å². The summed E-state index contributed by atoms with van der Waals surface area (Å²) in [6.45, 7) is 7.78. The lowest BCUT2D eigenvalue weighted by atomic mass is 9.98. The van der Waals surface area contributed by atoms with Crippen LogP contribution in [0.1, 0.15) is 46.1 Å². The largest absolute Gasteiger partial charge is 0.444 e. The van der Waals surface area contributed by atoms with Crippen LogP contribution in [0.3, 0.4) is 0 Å². The van der Waals surface area contributed by atoms with Gasteiger partial charge in [0.05, 0.1) is 5.56 Å². The van der Waals surface area contributed by atoms with Crippen molar-refractivity contribution in [2.45, 2.75) is 64.4 Å². The lowest BCUT2D eigenvalue weighted by Crippen LogP contribution is -2.50. The second-order valence-corrected chi connectivity index (χ2v) is 7.31. The molecule has 1 amide bonds. The van der Waals surface area contributed by atoms with Crippen molar-refractivity contribution in [3.8, 4) is 0 Å². The van der Waals surface area contributed by atoms with Crippen molar-refractivity contribution in [3.05, 3.63) is 23.9 Å². The van der Waals surface area contributed by atoms with E-state index in [1.165, 1.54) is 6.20 Å². The van der Waals surface area contributed by atoms with Crippen LogP contribution in [0.5, 0.6) is 0 Å². The maximum Gasteiger partial charge on any atom is 0.416 e. The number of rotatable bonds is 2. The van der Waals surface area contributed by atoms with E-state index in [2.05, 4.69) is 10.3 Å². The Hall–Kier alpha value is -1.99. The van der Waals surface area contributed by atoms with Crippen LogP contribution in [0.15, 0.2) is 18.3 Å². The number of pyridine rings is 1. The lowest BCUT2D eigenvalue weighted by Gasteiger charge is -2.39. The number of alkyl carbamates (subject to hydrolysis) is 1. The lowest BCUT2D eigenvalue weighted by molar-refractivity contribution is -0.137. The molecule has 25 heavy (non-hydrogen) atoms. The van der Waals surface area contributed by atoms with Gasteiger partial charge in [-0.2, -0.15) is 13.2 Å². The predicted molar refractivity (Wildman–Crippen MR) is 88.4 cm³/mol. The van der Waals surface area contributed by atoms with E-state index in [-0.39, 0.29) is 12.1 Å². The topological polar surface area (TPSA) is 54.5 Å². The number of amides is 1. The molecule has 1 aromatic rings. The molecule has 0 saturated carbocycles. The van der Waals surface area contributed by atoms with E-state index >= 15 is 0 Å². The number of piperidine rings is 1. The average Bonchev–Trinajstić information content (AvgIpc) is 2.44. The van der Waals surface area contributed by atoms with Crippen LogP contribution in [0.25, 0.3) is 0 Å². The van der Waals surface area contributed by atoms with Crippen LogP contribution in [0.2, 0.25) is 0 Å². The number of carbonyl (C=O) groups is 1. The van der Waals surface area contributed by atoms with Crippen LogP contribution in [-0.2, 0) is 10.9 Å². The Morgan fingerprint density at radius 3 is 2.60 bits per heavy atom. The number of hydrogen-bond acceptors (Lipinski definition) is 4. The second kappa shape index (κ2) is 7.09. The van der Waals surface area contributed by atoms with E-state index in [0.717, 1.165) is 12.1 Å². The van der Waals surface area contributed by atoms with E-state index in [4.69, 9.17) is 4.74 Å². The van der Waals surface area contributed by atoms with Crippen molar-refractivity contribution in [2.75, 3.05) is 11.4 Å². The van der Waals surface area contributed by atoms with Gasteiger partial charge in [0, 0.05) is 24.8 Å². The number of nitrogens with one attached hydrogen (secondary N) is 1. The van der Waals surface area contributed by atoms with Gasteiger partial charge in [-0.05, 0) is 52.7 Å². The first-order valence-corrected chi connectivity index (χ1v) is 8.25. The van der Waals surface area contributed by atoms with Crippen molar-refractivity contribution < 1.29 is 22.7 Å². The smallest absolute Gasteiger partial charge is 0.416 e. The molecule has 5 nitrogen and oxygen atoms in total. The van der Waals surface area contributed by atoms with Crippen molar-refractivity contribution >= 4 is 11.9 Å². The highest BCUT2D eigenvalue weighted by molar-refractivity contribution is 5.68. The highest BCUT2D eigenvalue weighted by Gasteiger charge is 2.33. The van der Waals surface area contributed by atoms with Crippen LogP contribution in [0.4, 0.5) is 23.8 Å². The fraction of sp³-hybridized carbons (Fsp3) is 0.647. The van der Waals surface area contributed by atoms with Crippen molar-refractivity contribution in [3.63, 3.8) is 0 Å². The summed E-state index contributed by atoms with van der Waals surface area (Å²) >= 11 is 0. The fourth-order valence-electron chi connectivity index (χ4n) is 2.87. The first kappa shape index (κ1) is 19.3. The Kier molecular flexibility index (Phi) is 5.49. The second-order valence-electron chi connectivity index (χ2n) is 7.31. The fourth-order valence-corrected chi connectivity index (χ4v) is 2.87. The van der Waals surface area contributed by atoms with Crippen LogP contribution in [-0.4, -0.2) is 35.3 Å². The number of nitrogens with zero attached hydrogens (tertiary/aromatic N) is 2. The van der Waals surface area contributed by atoms with E-state index in [1.54, 1.807) is 20.8 Å². The molecule has 2 unspecified atom stereocenters. The van der Waals surface area contributed by atoms with Gasteiger partial charge >= 0.3 is 12.3 Å². The molecular formula is C17H24F3N3O2. The SMILES string of the molecule is CC1CC(NC(=O)OC(C)(C)C)CCN1c1cc(C(F)(F)F)ccn1. The Balaban J connectivity index is 1.99. The first-order chi connectivity index (χ1) is 11.5. The number of ether oxygens (including phenoxy) is 1. The zero-order valence-electron chi connectivity index (χ0n) is 14.9. The molecular weight excluding hydrogens is 335 g/mol. The predicted octanol–water partition coefficient (Wildman–Crippen LogP) is 3.98. The van der Waals surface area contributed by atoms with Gasteiger partial charge in [0.25, 0.3) is 0 Å². The summed E-state index contributed by atoms with van der Waals surface area (Å²) in [7, 11) is 0. The molecule has 0 aromatic carbocycles. The zero-order valence-corrected chi connectivity index (χ0v) is 14.9. The van der Waals surface area contributed by atoms with Gasteiger partial charge in [0.1, 0.15) is 11.4 Å². The van der Waals surface area contributed by atoms with Gasteiger partial charge in [-0.1, -0.05) is 0 Å². The number of aromatic nitrogens is 1. The molecule has 2 heterocycles. The van der Waals surface area contributed by atoms with Gasteiger partial charge in [-0.25, -0.2) is 9.78 Å². The summed E-state index contributed by atoms with van der Waals surface area (Å²) in [5.41, 5.74) is -1.28. The molecule has 0 spiro atoms. The Bertz CT molecular complexity index is 614. The standard InChI is InChI=1S/C17H24F3N3O2/c1-11-9-13(22-15(24)25-16(2,3)4)6-8-23(11)14-10-12(5-7-21-14)17(18,19)20/h5,7,10-11,13H,6,8-9H2,1-4H3,(H,22,24). The molecule has 1 aromatic heterocycles. The van der Waals surface area contributed by atoms with E-state index in [0.29, 0.717) is 25.2 Å². The summed E-state index contributed by atoms with van der Waals surface area (Å²) in [5, 5.41) is 2.83.